The van der Waals surface area contributed by atoms with E-state index in [0.717, 1.165) is 18.5 Å². The van der Waals surface area contributed by atoms with Crippen molar-refractivity contribution < 1.29 is 9.13 Å². The highest BCUT2D eigenvalue weighted by atomic mass is 19.1. The van der Waals surface area contributed by atoms with Gasteiger partial charge in [-0.1, -0.05) is 24.6 Å². The van der Waals surface area contributed by atoms with E-state index in [1.54, 1.807) is 12.1 Å². The van der Waals surface area contributed by atoms with Crippen LogP contribution in [0, 0.1) is 5.82 Å². The van der Waals surface area contributed by atoms with E-state index >= 15 is 0 Å². The Kier molecular flexibility index (Phi) is 5.86. The Morgan fingerprint density at radius 3 is 2.72 bits per heavy atom. The van der Waals surface area contributed by atoms with Crippen LogP contribution in [-0.4, -0.2) is 13.7 Å². The van der Waals surface area contributed by atoms with Crippen molar-refractivity contribution in [2.24, 2.45) is 0 Å². The van der Waals surface area contributed by atoms with Gasteiger partial charge < -0.3 is 10.1 Å². The molecule has 0 bridgehead atoms. The standard InChI is InChI=1S/C15H22FNO/c1-5-8-17-14(9-11(2)3)12-6-7-13(16)15(10-12)18-4/h6-7,9-10,14,17H,5,8H2,1-4H3. The van der Waals surface area contributed by atoms with Gasteiger partial charge in [0.1, 0.15) is 0 Å². The molecule has 0 aliphatic carbocycles. The first kappa shape index (κ1) is 14.7. The number of ether oxygens (including phenoxy) is 1. The maximum absolute atomic E-state index is 13.4. The van der Waals surface area contributed by atoms with E-state index in [2.05, 4.69) is 32.2 Å². The van der Waals surface area contributed by atoms with Crippen molar-refractivity contribution in [1.29, 1.82) is 0 Å². The number of allylic oxidation sites excluding steroid dienone is 1. The monoisotopic (exact) mass is 251 g/mol. The van der Waals surface area contributed by atoms with E-state index in [1.165, 1.54) is 18.7 Å². The van der Waals surface area contributed by atoms with Crippen LogP contribution in [0.3, 0.4) is 0 Å². The molecule has 0 aromatic heterocycles. The number of benzene rings is 1. The molecule has 0 radical (unpaired) electrons. The van der Waals surface area contributed by atoms with Gasteiger partial charge in [0, 0.05) is 0 Å². The first-order valence-corrected chi connectivity index (χ1v) is 6.30. The van der Waals surface area contributed by atoms with Crippen LogP contribution in [0.25, 0.3) is 0 Å². The predicted molar refractivity (Wildman–Crippen MR) is 73.4 cm³/mol. The summed E-state index contributed by atoms with van der Waals surface area (Å²) >= 11 is 0. The lowest BCUT2D eigenvalue weighted by Gasteiger charge is -2.17. The highest BCUT2D eigenvalue weighted by molar-refractivity contribution is 5.34. The number of hydrogen-bond donors (Lipinski definition) is 1. The van der Waals surface area contributed by atoms with Crippen LogP contribution in [-0.2, 0) is 0 Å². The van der Waals surface area contributed by atoms with Crippen LogP contribution >= 0.6 is 0 Å². The first-order valence-electron chi connectivity index (χ1n) is 6.30. The van der Waals surface area contributed by atoms with Gasteiger partial charge in [0.25, 0.3) is 0 Å². The molecule has 0 heterocycles. The van der Waals surface area contributed by atoms with Gasteiger partial charge in [-0.2, -0.15) is 0 Å². The van der Waals surface area contributed by atoms with Crippen molar-refractivity contribution in [1.82, 2.24) is 5.32 Å². The van der Waals surface area contributed by atoms with Gasteiger partial charge >= 0.3 is 0 Å². The number of rotatable bonds is 6. The fourth-order valence-electron chi connectivity index (χ4n) is 1.78. The Labute approximate surface area is 109 Å². The smallest absolute Gasteiger partial charge is 0.165 e. The summed E-state index contributed by atoms with van der Waals surface area (Å²) in [5.41, 5.74) is 2.25. The zero-order chi connectivity index (χ0) is 13.5. The Morgan fingerprint density at radius 1 is 1.44 bits per heavy atom. The van der Waals surface area contributed by atoms with Gasteiger partial charge in [-0.3, -0.25) is 0 Å². The van der Waals surface area contributed by atoms with Crippen molar-refractivity contribution >= 4 is 0 Å². The highest BCUT2D eigenvalue weighted by Crippen LogP contribution is 2.24. The molecule has 100 valence electrons. The zero-order valence-corrected chi connectivity index (χ0v) is 11.6. The van der Waals surface area contributed by atoms with Crippen LogP contribution in [0.5, 0.6) is 5.75 Å². The molecule has 3 heteroatoms. The largest absolute Gasteiger partial charge is 0.494 e. The van der Waals surface area contributed by atoms with Crippen molar-refractivity contribution in [3.8, 4) is 5.75 Å². The van der Waals surface area contributed by atoms with Gasteiger partial charge in [0.05, 0.1) is 13.2 Å². The van der Waals surface area contributed by atoms with Crippen LogP contribution < -0.4 is 10.1 Å². The second-order valence-electron chi connectivity index (χ2n) is 4.57. The van der Waals surface area contributed by atoms with Gasteiger partial charge in [0.15, 0.2) is 11.6 Å². The minimum atomic E-state index is -0.326. The van der Waals surface area contributed by atoms with Crippen LogP contribution in [0.2, 0.25) is 0 Å². The van der Waals surface area contributed by atoms with E-state index in [4.69, 9.17) is 4.74 Å². The molecule has 2 nitrogen and oxygen atoms in total. The van der Waals surface area contributed by atoms with Crippen LogP contribution in [0.4, 0.5) is 4.39 Å². The molecule has 1 N–H and O–H groups in total. The second-order valence-corrected chi connectivity index (χ2v) is 4.57. The number of nitrogens with one attached hydrogen (secondary N) is 1. The molecular weight excluding hydrogens is 229 g/mol. The molecule has 0 amide bonds. The number of hydrogen-bond acceptors (Lipinski definition) is 2. The molecule has 0 fully saturated rings. The predicted octanol–water partition coefficient (Wildman–Crippen LogP) is 3.84. The first-order chi connectivity index (χ1) is 8.58. The maximum atomic E-state index is 13.4. The van der Waals surface area contributed by atoms with Crippen LogP contribution in [0.15, 0.2) is 29.8 Å². The van der Waals surface area contributed by atoms with E-state index in [0.29, 0.717) is 0 Å². The summed E-state index contributed by atoms with van der Waals surface area (Å²) in [6.45, 7) is 7.16. The lowest BCUT2D eigenvalue weighted by atomic mass is 10.0. The summed E-state index contributed by atoms with van der Waals surface area (Å²) in [6, 6.07) is 5.10. The SMILES string of the molecule is CCCNC(C=C(C)C)c1ccc(F)c(OC)c1. The molecule has 0 spiro atoms. The molecule has 0 aliphatic heterocycles. The molecule has 0 aliphatic rings. The third-order valence-corrected chi connectivity index (χ3v) is 2.65. The van der Waals surface area contributed by atoms with Crippen molar-refractivity contribution in [2.75, 3.05) is 13.7 Å². The van der Waals surface area contributed by atoms with E-state index in [1.807, 2.05) is 0 Å². The minimum Gasteiger partial charge on any atom is -0.494 e. The molecule has 0 saturated heterocycles. The van der Waals surface area contributed by atoms with Crippen molar-refractivity contribution in [3.05, 3.63) is 41.2 Å². The van der Waals surface area contributed by atoms with Crippen molar-refractivity contribution in [2.45, 2.75) is 33.2 Å². The van der Waals surface area contributed by atoms with Gasteiger partial charge in [-0.25, -0.2) is 4.39 Å². The topological polar surface area (TPSA) is 21.3 Å². The van der Waals surface area contributed by atoms with E-state index in [-0.39, 0.29) is 17.6 Å². The van der Waals surface area contributed by atoms with Gasteiger partial charge in [-0.05, 0) is 44.5 Å². The summed E-state index contributed by atoms with van der Waals surface area (Å²) in [5, 5.41) is 3.43. The van der Waals surface area contributed by atoms with Crippen LogP contribution in [0.1, 0.15) is 38.8 Å². The molecule has 1 aromatic carbocycles. The summed E-state index contributed by atoms with van der Waals surface area (Å²) in [4.78, 5) is 0. The van der Waals surface area contributed by atoms with E-state index in [9.17, 15) is 4.39 Å². The fraction of sp³-hybridized carbons (Fsp3) is 0.467. The summed E-state index contributed by atoms with van der Waals surface area (Å²) in [5.74, 6) is -0.0364. The molecule has 18 heavy (non-hydrogen) atoms. The van der Waals surface area contributed by atoms with Gasteiger partial charge in [0.2, 0.25) is 0 Å². The molecule has 0 saturated carbocycles. The zero-order valence-electron chi connectivity index (χ0n) is 11.6. The fourth-order valence-corrected chi connectivity index (χ4v) is 1.78. The number of halogens is 1. The lowest BCUT2D eigenvalue weighted by Crippen LogP contribution is -2.20. The summed E-state index contributed by atoms with van der Waals surface area (Å²) in [6.07, 6.45) is 3.20. The normalized spacial score (nSPS) is 12.1. The molecule has 1 atom stereocenters. The Hall–Kier alpha value is -1.35. The third kappa shape index (κ3) is 4.15. The molecule has 1 aromatic rings. The molecular formula is C15H22FNO. The Balaban J connectivity index is 3.00. The van der Waals surface area contributed by atoms with Crippen molar-refractivity contribution in [3.63, 3.8) is 0 Å². The molecule has 1 unspecified atom stereocenters. The Bertz CT molecular complexity index is 411. The molecule has 1 rings (SSSR count). The quantitative estimate of drug-likeness (QED) is 0.776. The Morgan fingerprint density at radius 2 is 2.17 bits per heavy atom. The minimum absolute atomic E-state index is 0.101. The lowest BCUT2D eigenvalue weighted by molar-refractivity contribution is 0.385. The van der Waals surface area contributed by atoms with Gasteiger partial charge in [-0.15, -0.1) is 0 Å². The number of methoxy groups -OCH3 is 1. The summed E-state index contributed by atoms with van der Waals surface area (Å²) in [7, 11) is 1.48. The summed E-state index contributed by atoms with van der Waals surface area (Å²) < 4.78 is 18.4. The second kappa shape index (κ2) is 7.17. The van der Waals surface area contributed by atoms with E-state index < -0.39 is 0 Å². The average molecular weight is 251 g/mol. The third-order valence-electron chi connectivity index (χ3n) is 2.65. The maximum Gasteiger partial charge on any atom is 0.165 e. The average Bonchev–Trinajstić information content (AvgIpc) is 2.34. The highest BCUT2D eigenvalue weighted by Gasteiger charge is 2.11.